The van der Waals surface area contributed by atoms with E-state index >= 15 is 0 Å². The summed E-state index contributed by atoms with van der Waals surface area (Å²) in [5.41, 5.74) is 1.74. The number of carbonyl (C=O) groups excluding carboxylic acids is 2. The maximum atomic E-state index is 13.0. The zero-order valence-corrected chi connectivity index (χ0v) is 14.4. The largest absolute Gasteiger partial charge is 0.348 e. The number of nitrogens with zero attached hydrogens (tertiary/aromatic N) is 1. The normalized spacial score (nSPS) is 13.8. The maximum Gasteiger partial charge on any atom is 0.253 e. The number of halogens is 2. The fourth-order valence-electron chi connectivity index (χ4n) is 2.82. The van der Waals surface area contributed by atoms with Gasteiger partial charge in [0, 0.05) is 25.2 Å². The summed E-state index contributed by atoms with van der Waals surface area (Å²) in [6.07, 6.45) is 2.11. The number of hydrogen-bond acceptors (Lipinski definition) is 2. The van der Waals surface area contributed by atoms with E-state index in [1.807, 2.05) is 17.0 Å². The molecule has 1 N–H and O–H groups in total. The van der Waals surface area contributed by atoms with Gasteiger partial charge in [0.25, 0.3) is 11.8 Å². The molecule has 130 valence electrons. The summed E-state index contributed by atoms with van der Waals surface area (Å²) in [6, 6.07) is 10.8. The summed E-state index contributed by atoms with van der Waals surface area (Å²) < 4.78 is 13.0. The summed E-state index contributed by atoms with van der Waals surface area (Å²) in [5, 5.41) is 2.81. The van der Waals surface area contributed by atoms with Crippen LogP contribution in [0.3, 0.4) is 0 Å². The van der Waals surface area contributed by atoms with Gasteiger partial charge in [-0.05, 0) is 48.7 Å². The van der Waals surface area contributed by atoms with Crippen molar-refractivity contribution >= 4 is 23.4 Å². The van der Waals surface area contributed by atoms with Crippen molar-refractivity contribution in [3.05, 3.63) is 70.0 Å². The number of nitrogens with one attached hydrogen (secondary N) is 1. The van der Waals surface area contributed by atoms with Gasteiger partial charge in [0.2, 0.25) is 0 Å². The van der Waals surface area contributed by atoms with Gasteiger partial charge in [-0.2, -0.15) is 0 Å². The Morgan fingerprint density at radius 2 is 1.76 bits per heavy atom. The summed E-state index contributed by atoms with van der Waals surface area (Å²) in [7, 11) is 0. The Kier molecular flexibility index (Phi) is 5.34. The van der Waals surface area contributed by atoms with Crippen LogP contribution < -0.4 is 5.32 Å². The zero-order chi connectivity index (χ0) is 17.8. The Morgan fingerprint density at radius 1 is 1.08 bits per heavy atom. The van der Waals surface area contributed by atoms with Crippen molar-refractivity contribution < 1.29 is 14.0 Å². The Balaban J connectivity index is 1.59. The van der Waals surface area contributed by atoms with Crippen LogP contribution in [0.4, 0.5) is 4.39 Å². The maximum absolute atomic E-state index is 13.0. The van der Waals surface area contributed by atoms with E-state index in [1.165, 1.54) is 12.1 Å². The molecule has 25 heavy (non-hydrogen) atoms. The first kappa shape index (κ1) is 17.4. The third-order valence-corrected chi connectivity index (χ3v) is 4.54. The molecule has 6 heteroatoms. The molecule has 0 unspecified atom stereocenters. The summed E-state index contributed by atoms with van der Waals surface area (Å²) >= 11 is 5.88. The zero-order valence-electron chi connectivity index (χ0n) is 13.6. The van der Waals surface area contributed by atoms with Crippen LogP contribution in [0.5, 0.6) is 0 Å². The number of carbonyl (C=O) groups is 2. The van der Waals surface area contributed by atoms with E-state index in [1.54, 1.807) is 12.1 Å². The third-order valence-electron chi connectivity index (χ3n) is 4.22. The lowest BCUT2D eigenvalue weighted by molar-refractivity contribution is 0.0792. The monoisotopic (exact) mass is 360 g/mol. The topological polar surface area (TPSA) is 49.4 Å². The molecular formula is C19H18ClFN2O2. The van der Waals surface area contributed by atoms with E-state index in [4.69, 9.17) is 11.6 Å². The van der Waals surface area contributed by atoms with Gasteiger partial charge in [-0.3, -0.25) is 9.59 Å². The number of hydrogen-bond donors (Lipinski definition) is 1. The van der Waals surface area contributed by atoms with E-state index in [9.17, 15) is 14.0 Å². The highest BCUT2D eigenvalue weighted by atomic mass is 35.5. The molecule has 2 aromatic carbocycles. The molecule has 0 aromatic heterocycles. The molecule has 2 aromatic rings. The molecule has 1 aliphatic rings. The minimum Gasteiger partial charge on any atom is -0.348 e. The molecule has 2 amide bonds. The van der Waals surface area contributed by atoms with E-state index in [-0.39, 0.29) is 22.4 Å². The lowest BCUT2D eigenvalue weighted by atomic mass is 10.1. The second-order valence-electron chi connectivity index (χ2n) is 6.00. The van der Waals surface area contributed by atoms with E-state index < -0.39 is 5.82 Å². The fourth-order valence-corrected chi connectivity index (χ4v) is 3.07. The van der Waals surface area contributed by atoms with Crippen LogP contribution in [0.1, 0.15) is 39.1 Å². The Labute approximate surface area is 150 Å². The molecule has 1 heterocycles. The summed E-state index contributed by atoms with van der Waals surface area (Å²) in [4.78, 5) is 26.3. The summed E-state index contributed by atoms with van der Waals surface area (Å²) in [5.74, 6) is -0.812. The third kappa shape index (κ3) is 4.17. The standard InChI is InChI=1S/C19H18ClFN2O2/c20-17-11-15(21)7-8-16(17)18(24)22-12-13-3-5-14(6-4-13)19(25)23-9-1-2-10-23/h3-8,11H,1-2,9-10,12H2,(H,22,24). The Morgan fingerprint density at radius 3 is 2.40 bits per heavy atom. The van der Waals surface area contributed by atoms with Crippen LogP contribution >= 0.6 is 11.6 Å². The predicted octanol–water partition coefficient (Wildman–Crippen LogP) is 3.65. The number of benzene rings is 2. The molecule has 0 spiro atoms. The van der Waals surface area contributed by atoms with E-state index in [0.29, 0.717) is 12.1 Å². The molecule has 0 bridgehead atoms. The van der Waals surface area contributed by atoms with Gasteiger partial charge in [-0.25, -0.2) is 4.39 Å². The molecule has 0 saturated carbocycles. The summed E-state index contributed by atoms with van der Waals surface area (Å²) in [6.45, 7) is 1.93. The highest BCUT2D eigenvalue weighted by molar-refractivity contribution is 6.33. The lowest BCUT2D eigenvalue weighted by Crippen LogP contribution is -2.27. The predicted molar refractivity (Wildman–Crippen MR) is 94.2 cm³/mol. The quantitative estimate of drug-likeness (QED) is 0.904. The molecule has 0 atom stereocenters. The van der Waals surface area contributed by atoms with E-state index in [2.05, 4.69) is 5.32 Å². The van der Waals surface area contributed by atoms with Crippen LogP contribution in [0.25, 0.3) is 0 Å². The highest BCUT2D eigenvalue weighted by Crippen LogP contribution is 2.17. The van der Waals surface area contributed by atoms with Gasteiger partial charge in [0.1, 0.15) is 5.82 Å². The van der Waals surface area contributed by atoms with Crippen LogP contribution in [-0.2, 0) is 6.54 Å². The van der Waals surface area contributed by atoms with Gasteiger partial charge >= 0.3 is 0 Å². The minimum atomic E-state index is -0.486. The van der Waals surface area contributed by atoms with Gasteiger partial charge in [-0.15, -0.1) is 0 Å². The highest BCUT2D eigenvalue weighted by Gasteiger charge is 2.19. The average Bonchev–Trinajstić information content (AvgIpc) is 3.14. The molecule has 1 saturated heterocycles. The second kappa shape index (κ2) is 7.66. The van der Waals surface area contributed by atoms with E-state index in [0.717, 1.165) is 37.6 Å². The number of likely N-dealkylation sites (tertiary alicyclic amines) is 1. The molecule has 4 nitrogen and oxygen atoms in total. The molecule has 1 fully saturated rings. The van der Waals surface area contributed by atoms with Crippen molar-refractivity contribution in [1.29, 1.82) is 0 Å². The van der Waals surface area contributed by atoms with Crippen molar-refractivity contribution in [3.63, 3.8) is 0 Å². The molecule has 0 radical (unpaired) electrons. The first-order chi connectivity index (χ1) is 12.0. The fraction of sp³-hybridized carbons (Fsp3) is 0.263. The lowest BCUT2D eigenvalue weighted by Gasteiger charge is -2.15. The van der Waals surface area contributed by atoms with Crippen molar-refractivity contribution in [1.82, 2.24) is 10.2 Å². The average molecular weight is 361 g/mol. The SMILES string of the molecule is O=C(NCc1ccc(C(=O)N2CCCC2)cc1)c1ccc(F)cc1Cl. The van der Waals surface area contributed by atoms with Crippen LogP contribution in [-0.4, -0.2) is 29.8 Å². The van der Waals surface area contributed by atoms with Gasteiger partial charge in [0.15, 0.2) is 0 Å². The van der Waals surface area contributed by atoms with Crippen molar-refractivity contribution in [2.45, 2.75) is 19.4 Å². The minimum absolute atomic E-state index is 0.0474. The first-order valence-electron chi connectivity index (χ1n) is 8.16. The second-order valence-corrected chi connectivity index (χ2v) is 6.41. The van der Waals surface area contributed by atoms with Crippen LogP contribution in [0.15, 0.2) is 42.5 Å². The van der Waals surface area contributed by atoms with Crippen molar-refractivity contribution in [2.24, 2.45) is 0 Å². The molecule has 3 rings (SSSR count). The molecule has 1 aliphatic heterocycles. The van der Waals surface area contributed by atoms with Gasteiger partial charge in [0.05, 0.1) is 10.6 Å². The molecule has 0 aliphatic carbocycles. The van der Waals surface area contributed by atoms with Crippen molar-refractivity contribution in [2.75, 3.05) is 13.1 Å². The Bertz CT molecular complexity index is 787. The van der Waals surface area contributed by atoms with Gasteiger partial charge < -0.3 is 10.2 Å². The molecular weight excluding hydrogens is 343 g/mol. The number of rotatable bonds is 4. The smallest absolute Gasteiger partial charge is 0.253 e. The number of amides is 2. The van der Waals surface area contributed by atoms with Crippen LogP contribution in [0.2, 0.25) is 5.02 Å². The van der Waals surface area contributed by atoms with Crippen molar-refractivity contribution in [3.8, 4) is 0 Å². The first-order valence-corrected chi connectivity index (χ1v) is 8.54. The Hall–Kier alpha value is -2.40. The van der Waals surface area contributed by atoms with Gasteiger partial charge in [-0.1, -0.05) is 23.7 Å². The van der Waals surface area contributed by atoms with Crippen LogP contribution in [0, 0.1) is 5.82 Å².